The zero-order valence-electron chi connectivity index (χ0n) is 9.88. The summed E-state index contributed by atoms with van der Waals surface area (Å²) in [6, 6.07) is 7.55. The molecule has 1 aromatic carbocycles. The zero-order valence-corrected chi connectivity index (χ0v) is 10.7. The molecule has 2 rings (SSSR count). The second kappa shape index (κ2) is 5.25. The number of rotatable bonds is 4. The van der Waals surface area contributed by atoms with Gasteiger partial charge in [-0.25, -0.2) is 0 Å². The Morgan fingerprint density at radius 2 is 2.18 bits per heavy atom. The second-order valence-corrected chi connectivity index (χ2v) is 4.44. The Balaban J connectivity index is 2.40. The standard InChI is InChI=1S/C12H15N3OS/c1-3-9-12(17-15-14-9)11(13)8-6-4-5-7-10(8)16-2/h4-7,11H,3,13H2,1-2H3. The number of aromatic nitrogens is 2. The van der Waals surface area contributed by atoms with Gasteiger partial charge in [0.25, 0.3) is 0 Å². The van der Waals surface area contributed by atoms with Crippen molar-refractivity contribution >= 4 is 11.5 Å². The largest absolute Gasteiger partial charge is 0.496 e. The summed E-state index contributed by atoms with van der Waals surface area (Å²) < 4.78 is 9.29. The van der Waals surface area contributed by atoms with Gasteiger partial charge >= 0.3 is 0 Å². The number of hydrogen-bond acceptors (Lipinski definition) is 5. The number of ether oxygens (including phenoxy) is 1. The first-order valence-corrected chi connectivity index (χ1v) is 6.24. The maximum atomic E-state index is 6.26. The van der Waals surface area contributed by atoms with E-state index in [1.165, 1.54) is 11.5 Å². The Morgan fingerprint density at radius 3 is 2.88 bits per heavy atom. The highest BCUT2D eigenvalue weighted by atomic mass is 32.1. The number of para-hydroxylation sites is 1. The Hall–Kier alpha value is -1.46. The van der Waals surface area contributed by atoms with Crippen LogP contribution < -0.4 is 10.5 Å². The number of aryl methyl sites for hydroxylation is 1. The fourth-order valence-electron chi connectivity index (χ4n) is 1.76. The van der Waals surface area contributed by atoms with Crippen LogP contribution >= 0.6 is 11.5 Å². The number of nitrogens with two attached hydrogens (primary N) is 1. The molecule has 0 amide bonds. The molecule has 1 atom stereocenters. The van der Waals surface area contributed by atoms with Crippen LogP contribution in [0.3, 0.4) is 0 Å². The third-order valence-corrected chi connectivity index (χ3v) is 3.53. The van der Waals surface area contributed by atoms with Crippen molar-refractivity contribution < 1.29 is 4.74 Å². The van der Waals surface area contributed by atoms with Gasteiger partial charge in [0.15, 0.2) is 0 Å². The van der Waals surface area contributed by atoms with E-state index in [0.29, 0.717) is 0 Å². The number of hydrogen-bond donors (Lipinski definition) is 1. The Kier molecular flexibility index (Phi) is 3.71. The van der Waals surface area contributed by atoms with Crippen LogP contribution in [0.4, 0.5) is 0 Å². The summed E-state index contributed by atoms with van der Waals surface area (Å²) >= 11 is 1.35. The van der Waals surface area contributed by atoms with E-state index in [0.717, 1.165) is 28.3 Å². The van der Waals surface area contributed by atoms with Crippen LogP contribution in [0.25, 0.3) is 0 Å². The molecule has 1 heterocycles. The number of benzene rings is 1. The maximum Gasteiger partial charge on any atom is 0.124 e. The predicted molar refractivity (Wildman–Crippen MR) is 68.3 cm³/mol. The van der Waals surface area contributed by atoms with E-state index in [1.807, 2.05) is 24.3 Å². The summed E-state index contributed by atoms with van der Waals surface area (Å²) in [7, 11) is 1.65. The zero-order chi connectivity index (χ0) is 12.3. The summed E-state index contributed by atoms with van der Waals surface area (Å²) in [5.74, 6) is 0.801. The molecule has 90 valence electrons. The van der Waals surface area contributed by atoms with E-state index in [-0.39, 0.29) is 6.04 Å². The van der Waals surface area contributed by atoms with Crippen molar-refractivity contribution in [1.29, 1.82) is 0 Å². The van der Waals surface area contributed by atoms with Crippen LogP contribution in [-0.2, 0) is 6.42 Å². The highest BCUT2D eigenvalue weighted by molar-refractivity contribution is 7.05. The lowest BCUT2D eigenvalue weighted by Crippen LogP contribution is -2.13. The first-order chi connectivity index (χ1) is 8.27. The lowest BCUT2D eigenvalue weighted by atomic mass is 10.0. The summed E-state index contributed by atoms with van der Waals surface area (Å²) in [5.41, 5.74) is 8.20. The lowest BCUT2D eigenvalue weighted by Gasteiger charge is -2.14. The molecule has 0 bridgehead atoms. The molecule has 0 fully saturated rings. The van der Waals surface area contributed by atoms with Crippen molar-refractivity contribution in [2.24, 2.45) is 5.73 Å². The smallest absolute Gasteiger partial charge is 0.124 e. The van der Waals surface area contributed by atoms with Crippen molar-refractivity contribution in [3.63, 3.8) is 0 Å². The molecule has 1 unspecified atom stereocenters. The van der Waals surface area contributed by atoms with E-state index in [1.54, 1.807) is 7.11 Å². The molecular formula is C12H15N3OS. The van der Waals surface area contributed by atoms with Crippen molar-refractivity contribution in [2.75, 3.05) is 7.11 Å². The molecule has 0 saturated carbocycles. The van der Waals surface area contributed by atoms with Crippen LogP contribution in [0.5, 0.6) is 5.75 Å². The Morgan fingerprint density at radius 1 is 1.41 bits per heavy atom. The lowest BCUT2D eigenvalue weighted by molar-refractivity contribution is 0.408. The molecule has 5 heteroatoms. The highest BCUT2D eigenvalue weighted by Crippen LogP contribution is 2.30. The minimum Gasteiger partial charge on any atom is -0.496 e. The second-order valence-electron chi connectivity index (χ2n) is 3.66. The average molecular weight is 249 g/mol. The van der Waals surface area contributed by atoms with Crippen LogP contribution in [0.2, 0.25) is 0 Å². The van der Waals surface area contributed by atoms with Gasteiger partial charge in [0.05, 0.1) is 23.7 Å². The molecule has 4 nitrogen and oxygen atoms in total. The fourth-order valence-corrected chi connectivity index (χ4v) is 2.52. The fraction of sp³-hybridized carbons (Fsp3) is 0.333. The monoisotopic (exact) mass is 249 g/mol. The average Bonchev–Trinajstić information content (AvgIpc) is 2.86. The van der Waals surface area contributed by atoms with Gasteiger partial charge in [-0.05, 0) is 24.0 Å². The molecule has 0 spiro atoms. The number of methoxy groups -OCH3 is 1. The van der Waals surface area contributed by atoms with Gasteiger partial charge in [0, 0.05) is 5.56 Å². The molecule has 0 radical (unpaired) electrons. The highest BCUT2D eigenvalue weighted by Gasteiger charge is 2.19. The van der Waals surface area contributed by atoms with E-state index in [2.05, 4.69) is 16.5 Å². The van der Waals surface area contributed by atoms with Gasteiger partial charge in [-0.1, -0.05) is 29.6 Å². The Bertz CT molecular complexity index is 498. The first kappa shape index (κ1) is 12.0. The van der Waals surface area contributed by atoms with Crippen LogP contribution in [0.15, 0.2) is 24.3 Å². The van der Waals surface area contributed by atoms with Gasteiger partial charge in [0.2, 0.25) is 0 Å². The molecule has 0 aliphatic rings. The van der Waals surface area contributed by atoms with E-state index >= 15 is 0 Å². The summed E-state index contributed by atoms with van der Waals surface area (Å²) in [5, 5.41) is 4.08. The molecule has 1 aromatic heterocycles. The van der Waals surface area contributed by atoms with Gasteiger partial charge in [-0.2, -0.15) is 0 Å². The molecule has 17 heavy (non-hydrogen) atoms. The number of nitrogens with zero attached hydrogens (tertiary/aromatic N) is 2. The Labute approximate surface area is 105 Å². The van der Waals surface area contributed by atoms with Crippen molar-refractivity contribution in [2.45, 2.75) is 19.4 Å². The van der Waals surface area contributed by atoms with Crippen LogP contribution in [0, 0.1) is 0 Å². The van der Waals surface area contributed by atoms with Crippen molar-refractivity contribution in [3.8, 4) is 5.75 Å². The van der Waals surface area contributed by atoms with Crippen LogP contribution in [-0.4, -0.2) is 16.7 Å². The van der Waals surface area contributed by atoms with Crippen molar-refractivity contribution in [3.05, 3.63) is 40.4 Å². The van der Waals surface area contributed by atoms with Gasteiger partial charge in [0.1, 0.15) is 5.75 Å². The van der Waals surface area contributed by atoms with Gasteiger partial charge in [-0.3, -0.25) is 0 Å². The summed E-state index contributed by atoms with van der Waals surface area (Å²) in [6.07, 6.45) is 0.842. The summed E-state index contributed by atoms with van der Waals surface area (Å²) in [4.78, 5) is 1.01. The topological polar surface area (TPSA) is 61.0 Å². The van der Waals surface area contributed by atoms with E-state index in [4.69, 9.17) is 10.5 Å². The predicted octanol–water partition coefficient (Wildman–Crippen LogP) is 2.16. The minimum absolute atomic E-state index is 0.221. The first-order valence-electron chi connectivity index (χ1n) is 5.47. The van der Waals surface area contributed by atoms with Gasteiger partial charge in [-0.15, -0.1) is 5.10 Å². The molecule has 0 saturated heterocycles. The summed E-state index contributed by atoms with van der Waals surface area (Å²) in [6.45, 7) is 2.05. The third kappa shape index (κ3) is 2.30. The quantitative estimate of drug-likeness (QED) is 0.902. The SMILES string of the molecule is CCc1nnsc1C(N)c1ccccc1OC. The van der Waals surface area contributed by atoms with Gasteiger partial charge < -0.3 is 10.5 Å². The molecule has 0 aliphatic heterocycles. The van der Waals surface area contributed by atoms with Crippen molar-refractivity contribution in [1.82, 2.24) is 9.59 Å². The third-order valence-electron chi connectivity index (χ3n) is 2.68. The molecule has 2 N–H and O–H groups in total. The maximum absolute atomic E-state index is 6.26. The van der Waals surface area contributed by atoms with E-state index < -0.39 is 0 Å². The molecule has 0 aliphatic carbocycles. The van der Waals surface area contributed by atoms with Crippen LogP contribution in [0.1, 0.15) is 29.1 Å². The molecule has 2 aromatic rings. The normalized spacial score (nSPS) is 12.4. The van der Waals surface area contributed by atoms with E-state index in [9.17, 15) is 0 Å². The minimum atomic E-state index is -0.221. The molecular weight excluding hydrogens is 234 g/mol.